The summed E-state index contributed by atoms with van der Waals surface area (Å²) >= 11 is 11.8. The average Bonchev–Trinajstić information content (AvgIpc) is 2.35. The van der Waals surface area contributed by atoms with Gasteiger partial charge in [0.1, 0.15) is 4.90 Å². The second-order valence-electron chi connectivity index (χ2n) is 4.03. The van der Waals surface area contributed by atoms with Crippen LogP contribution in [0.4, 0.5) is 0 Å². The lowest BCUT2D eigenvalue weighted by molar-refractivity contribution is 0.281. The molecule has 0 amide bonds. The molecule has 1 N–H and O–H groups in total. The molecule has 4 nitrogen and oxygen atoms in total. The maximum atomic E-state index is 12.5. The number of benzene rings is 1. The van der Waals surface area contributed by atoms with Gasteiger partial charge in [0.15, 0.2) is 0 Å². The number of nitrogens with zero attached hydrogens (tertiary/aromatic N) is 1. The number of hydrogen-bond donors (Lipinski definition) is 1. The maximum Gasteiger partial charge on any atom is 0.244 e. The third kappa shape index (κ3) is 3.61. The summed E-state index contributed by atoms with van der Waals surface area (Å²) in [6.45, 7) is 4.12. The summed E-state index contributed by atoms with van der Waals surface area (Å²) < 4.78 is 26.3. The van der Waals surface area contributed by atoms with Crippen molar-refractivity contribution in [3.05, 3.63) is 27.7 Å². The Morgan fingerprint density at radius 3 is 2.32 bits per heavy atom. The first kappa shape index (κ1) is 16.7. The van der Waals surface area contributed by atoms with E-state index in [0.29, 0.717) is 25.1 Å². The Kier molecular flexibility index (Phi) is 6.08. The van der Waals surface area contributed by atoms with Crippen LogP contribution in [0.25, 0.3) is 0 Å². The Morgan fingerprint density at radius 2 is 1.84 bits per heavy atom. The summed E-state index contributed by atoms with van der Waals surface area (Å²) in [4.78, 5) is -0.0158. The highest BCUT2D eigenvalue weighted by atomic mass is 35.5. The molecule has 0 fully saturated rings. The van der Waals surface area contributed by atoms with Crippen LogP contribution in [0.2, 0.25) is 10.0 Å². The molecule has 0 heterocycles. The number of hydrogen-bond acceptors (Lipinski definition) is 3. The van der Waals surface area contributed by atoms with E-state index in [2.05, 4.69) is 0 Å². The van der Waals surface area contributed by atoms with E-state index in [9.17, 15) is 8.42 Å². The topological polar surface area (TPSA) is 57.6 Å². The van der Waals surface area contributed by atoms with Crippen LogP contribution in [0.3, 0.4) is 0 Å². The molecule has 0 unspecified atom stereocenters. The van der Waals surface area contributed by atoms with Crippen molar-refractivity contribution in [3.63, 3.8) is 0 Å². The highest BCUT2D eigenvalue weighted by Crippen LogP contribution is 2.30. The van der Waals surface area contributed by atoms with Crippen molar-refractivity contribution in [1.82, 2.24) is 4.31 Å². The van der Waals surface area contributed by atoms with Gasteiger partial charge in [0.05, 0.1) is 11.6 Å². The van der Waals surface area contributed by atoms with Crippen molar-refractivity contribution in [2.75, 3.05) is 13.1 Å². The van der Waals surface area contributed by atoms with Crippen molar-refractivity contribution in [3.8, 4) is 0 Å². The predicted octanol–water partition coefficient (Wildman–Crippen LogP) is 2.91. The summed E-state index contributed by atoms with van der Waals surface area (Å²) in [7, 11) is -3.66. The molecule has 0 aliphatic carbocycles. The second-order valence-corrected chi connectivity index (χ2v) is 6.75. The van der Waals surface area contributed by atoms with Crippen LogP contribution in [-0.2, 0) is 16.6 Å². The summed E-state index contributed by atoms with van der Waals surface area (Å²) in [5, 5.41) is 9.48. The highest BCUT2D eigenvalue weighted by Gasteiger charge is 2.26. The van der Waals surface area contributed by atoms with Crippen LogP contribution in [-0.4, -0.2) is 30.9 Å². The molecule has 0 spiro atoms. The van der Waals surface area contributed by atoms with Gasteiger partial charge in [-0.3, -0.25) is 0 Å². The summed E-state index contributed by atoms with van der Waals surface area (Å²) in [6, 6.07) is 2.68. The first-order chi connectivity index (χ1) is 8.88. The third-order valence-corrected chi connectivity index (χ3v) is 5.51. The maximum absolute atomic E-state index is 12.5. The zero-order chi connectivity index (χ0) is 14.6. The van der Waals surface area contributed by atoms with E-state index in [1.165, 1.54) is 16.4 Å². The molecular weight excluding hydrogens is 309 g/mol. The van der Waals surface area contributed by atoms with Crippen molar-refractivity contribution in [1.29, 1.82) is 0 Å². The normalized spacial score (nSPS) is 12.1. The molecular formula is C12H17Cl2NO3S. The number of sulfonamides is 1. The van der Waals surface area contributed by atoms with Gasteiger partial charge in [-0.1, -0.05) is 37.0 Å². The van der Waals surface area contributed by atoms with Gasteiger partial charge in [0.25, 0.3) is 0 Å². The standard InChI is InChI=1S/C12H17Cl2NO3S/c1-3-5-15(4-2)19(17,18)12-6-9(8-16)10(13)7-11(12)14/h6-7,16H,3-5,8H2,1-2H3. The van der Waals surface area contributed by atoms with Crippen LogP contribution < -0.4 is 0 Å². The minimum Gasteiger partial charge on any atom is -0.392 e. The molecule has 7 heteroatoms. The molecule has 0 saturated carbocycles. The van der Waals surface area contributed by atoms with Crippen LogP contribution >= 0.6 is 23.2 Å². The molecule has 0 radical (unpaired) electrons. The van der Waals surface area contributed by atoms with E-state index in [1.807, 2.05) is 6.92 Å². The van der Waals surface area contributed by atoms with Crippen LogP contribution in [0, 0.1) is 0 Å². The molecule has 0 aliphatic rings. The second kappa shape index (κ2) is 6.90. The Balaban J connectivity index is 3.35. The minimum absolute atomic E-state index is 0.0158. The monoisotopic (exact) mass is 325 g/mol. The highest BCUT2D eigenvalue weighted by molar-refractivity contribution is 7.89. The number of halogens is 2. The van der Waals surface area contributed by atoms with E-state index in [-0.39, 0.29) is 21.5 Å². The van der Waals surface area contributed by atoms with Gasteiger partial charge in [-0.15, -0.1) is 0 Å². The van der Waals surface area contributed by atoms with Crippen LogP contribution in [0.1, 0.15) is 25.8 Å². The molecule has 0 aliphatic heterocycles. The van der Waals surface area contributed by atoms with E-state index in [4.69, 9.17) is 28.3 Å². The predicted molar refractivity (Wildman–Crippen MR) is 77.1 cm³/mol. The molecule has 108 valence electrons. The van der Waals surface area contributed by atoms with E-state index >= 15 is 0 Å². The molecule has 0 aromatic heterocycles. The fraction of sp³-hybridized carbons (Fsp3) is 0.500. The van der Waals surface area contributed by atoms with E-state index in [1.54, 1.807) is 6.92 Å². The molecule has 1 aromatic carbocycles. The summed E-state index contributed by atoms with van der Waals surface area (Å²) in [5.41, 5.74) is 0.345. The summed E-state index contributed by atoms with van der Waals surface area (Å²) in [5.74, 6) is 0. The van der Waals surface area contributed by atoms with Crippen LogP contribution in [0.5, 0.6) is 0 Å². The molecule has 0 saturated heterocycles. The molecule has 0 bridgehead atoms. The van der Waals surface area contributed by atoms with Gasteiger partial charge in [0, 0.05) is 18.1 Å². The Bertz CT molecular complexity index is 546. The minimum atomic E-state index is -3.66. The van der Waals surface area contributed by atoms with Gasteiger partial charge in [-0.25, -0.2) is 8.42 Å². The smallest absolute Gasteiger partial charge is 0.244 e. The van der Waals surface area contributed by atoms with Crippen molar-refractivity contribution < 1.29 is 13.5 Å². The molecule has 1 aromatic rings. The first-order valence-corrected chi connectivity index (χ1v) is 8.17. The van der Waals surface area contributed by atoms with Crippen LogP contribution in [0.15, 0.2) is 17.0 Å². The van der Waals surface area contributed by atoms with E-state index in [0.717, 1.165) is 0 Å². The fourth-order valence-corrected chi connectivity index (χ4v) is 4.10. The van der Waals surface area contributed by atoms with Gasteiger partial charge in [-0.2, -0.15) is 4.31 Å². The molecule has 0 atom stereocenters. The lowest BCUT2D eigenvalue weighted by atomic mass is 10.2. The van der Waals surface area contributed by atoms with Gasteiger partial charge < -0.3 is 5.11 Å². The number of aliphatic hydroxyl groups is 1. The van der Waals surface area contributed by atoms with Crippen molar-refractivity contribution >= 4 is 33.2 Å². The zero-order valence-corrected chi connectivity index (χ0v) is 13.2. The van der Waals surface area contributed by atoms with E-state index < -0.39 is 10.0 Å². The molecule has 19 heavy (non-hydrogen) atoms. The third-order valence-electron chi connectivity index (χ3n) is 2.71. The lowest BCUT2D eigenvalue weighted by Gasteiger charge is -2.21. The quantitative estimate of drug-likeness (QED) is 0.874. The number of rotatable bonds is 6. The Labute approximate surface area is 124 Å². The fourth-order valence-electron chi connectivity index (χ4n) is 1.73. The Morgan fingerprint density at radius 1 is 1.21 bits per heavy atom. The zero-order valence-electron chi connectivity index (χ0n) is 10.9. The lowest BCUT2D eigenvalue weighted by Crippen LogP contribution is -2.31. The SMILES string of the molecule is CCCN(CC)S(=O)(=O)c1cc(CO)c(Cl)cc1Cl. The molecule has 1 rings (SSSR count). The van der Waals surface area contributed by atoms with Gasteiger partial charge >= 0.3 is 0 Å². The van der Waals surface area contributed by atoms with Crippen molar-refractivity contribution in [2.24, 2.45) is 0 Å². The van der Waals surface area contributed by atoms with Gasteiger partial charge in [-0.05, 0) is 24.1 Å². The Hall–Kier alpha value is -0.330. The summed E-state index contributed by atoms with van der Waals surface area (Å²) in [6.07, 6.45) is 0.713. The van der Waals surface area contributed by atoms with Crippen molar-refractivity contribution in [2.45, 2.75) is 31.8 Å². The first-order valence-electron chi connectivity index (χ1n) is 5.97. The average molecular weight is 326 g/mol. The number of aliphatic hydroxyl groups excluding tert-OH is 1. The largest absolute Gasteiger partial charge is 0.392 e. The van der Waals surface area contributed by atoms with Gasteiger partial charge in [0.2, 0.25) is 10.0 Å².